The van der Waals surface area contributed by atoms with Gasteiger partial charge >= 0.3 is 0 Å². The number of nitrogens with zero attached hydrogens (tertiary/aromatic N) is 1. The summed E-state index contributed by atoms with van der Waals surface area (Å²) in [5, 5.41) is 19.2. The van der Waals surface area contributed by atoms with E-state index in [1.54, 1.807) is 18.2 Å². The predicted molar refractivity (Wildman–Crippen MR) is 85.4 cm³/mol. The number of anilines is 2. The Bertz CT molecular complexity index is 887. The molecule has 2 aliphatic rings. The molecule has 6 heteroatoms. The van der Waals surface area contributed by atoms with E-state index in [-0.39, 0.29) is 5.91 Å². The average Bonchev–Trinajstić information content (AvgIpc) is 3.03. The molecular weight excluding hydrogens is 302 g/mol. The number of nitrogens with one attached hydrogen (secondary N) is 2. The summed E-state index contributed by atoms with van der Waals surface area (Å²) in [4.78, 5) is 12.4. The second kappa shape index (κ2) is 4.61. The highest BCUT2D eigenvalue weighted by Gasteiger charge is 2.34. The first-order chi connectivity index (χ1) is 10.7. The quantitative estimate of drug-likeness (QED) is 0.397. The summed E-state index contributed by atoms with van der Waals surface area (Å²) in [6.45, 7) is 0. The Morgan fingerprint density at radius 1 is 1.00 bits per heavy atom. The summed E-state index contributed by atoms with van der Waals surface area (Å²) in [6.07, 6.45) is 0. The molecule has 108 valence electrons. The molecule has 0 radical (unpaired) electrons. The first-order valence-corrected chi connectivity index (χ1v) is 7.01. The number of rotatable bonds is 0. The standard InChI is InChI=1S/C16H10ClN3O2/c17-8-5-6-12-10(7-8)13(16(21)19-12)15-14(20-22)9-3-1-2-4-11(9)18-15/h1-7,18,22H,(H,19,21)/b15-13-,20-14+. The van der Waals surface area contributed by atoms with Crippen LogP contribution in [0.3, 0.4) is 0 Å². The lowest BCUT2D eigenvalue weighted by atomic mass is 10.0. The van der Waals surface area contributed by atoms with Gasteiger partial charge in [-0.2, -0.15) is 0 Å². The zero-order chi connectivity index (χ0) is 15.3. The number of hydrogen-bond donors (Lipinski definition) is 3. The molecule has 0 saturated carbocycles. The van der Waals surface area contributed by atoms with Crippen molar-refractivity contribution in [2.45, 2.75) is 0 Å². The van der Waals surface area contributed by atoms with Gasteiger partial charge in [0.05, 0.1) is 11.3 Å². The van der Waals surface area contributed by atoms with Gasteiger partial charge in [0.15, 0.2) is 0 Å². The molecule has 2 aromatic rings. The molecular formula is C16H10ClN3O2. The third kappa shape index (κ3) is 1.72. The normalized spacial score (nSPS) is 20.6. The second-order valence-corrected chi connectivity index (χ2v) is 5.45. The van der Waals surface area contributed by atoms with Crippen LogP contribution in [0.2, 0.25) is 5.02 Å². The van der Waals surface area contributed by atoms with E-state index in [4.69, 9.17) is 11.6 Å². The van der Waals surface area contributed by atoms with Crippen LogP contribution in [0.1, 0.15) is 11.1 Å². The number of fused-ring (bicyclic) bond motifs is 2. The van der Waals surface area contributed by atoms with Crippen molar-refractivity contribution in [3.05, 3.63) is 64.3 Å². The van der Waals surface area contributed by atoms with E-state index >= 15 is 0 Å². The summed E-state index contributed by atoms with van der Waals surface area (Å²) in [7, 11) is 0. The average molecular weight is 312 g/mol. The van der Waals surface area contributed by atoms with Crippen molar-refractivity contribution >= 4 is 40.2 Å². The first kappa shape index (κ1) is 12.9. The third-order valence-electron chi connectivity index (χ3n) is 3.75. The first-order valence-electron chi connectivity index (χ1n) is 6.63. The van der Waals surface area contributed by atoms with Gasteiger partial charge in [-0.15, -0.1) is 0 Å². The Labute approximate surface area is 130 Å². The molecule has 0 atom stereocenters. The summed E-state index contributed by atoms with van der Waals surface area (Å²) in [5.74, 6) is -0.256. The van der Waals surface area contributed by atoms with E-state index in [1.807, 2.05) is 24.3 Å². The highest BCUT2D eigenvalue weighted by molar-refractivity contribution is 6.40. The molecule has 5 nitrogen and oxygen atoms in total. The number of benzene rings is 2. The van der Waals surface area contributed by atoms with Crippen LogP contribution in [0.5, 0.6) is 0 Å². The molecule has 0 fully saturated rings. The van der Waals surface area contributed by atoms with E-state index in [0.29, 0.717) is 33.3 Å². The Kier molecular flexibility index (Phi) is 2.71. The summed E-state index contributed by atoms with van der Waals surface area (Å²) in [5.41, 5.74) is 4.15. The number of carbonyl (C=O) groups excluding carboxylic acids is 1. The number of halogens is 1. The minimum atomic E-state index is -0.256. The van der Waals surface area contributed by atoms with Crippen LogP contribution >= 0.6 is 11.6 Å². The molecule has 1 amide bonds. The van der Waals surface area contributed by atoms with Gasteiger partial charge in [0.2, 0.25) is 0 Å². The van der Waals surface area contributed by atoms with Crippen molar-refractivity contribution in [2.24, 2.45) is 5.16 Å². The maximum atomic E-state index is 12.4. The lowest BCUT2D eigenvalue weighted by molar-refractivity contribution is -0.110. The van der Waals surface area contributed by atoms with Crippen LogP contribution in [0.25, 0.3) is 5.57 Å². The van der Waals surface area contributed by atoms with E-state index in [2.05, 4.69) is 15.8 Å². The fraction of sp³-hybridized carbons (Fsp3) is 0. The lowest BCUT2D eigenvalue weighted by Crippen LogP contribution is -2.12. The predicted octanol–water partition coefficient (Wildman–Crippen LogP) is 3.31. The fourth-order valence-electron chi connectivity index (χ4n) is 2.80. The fourth-order valence-corrected chi connectivity index (χ4v) is 2.97. The van der Waals surface area contributed by atoms with Gasteiger partial charge < -0.3 is 15.8 Å². The summed E-state index contributed by atoms with van der Waals surface area (Å²) in [6, 6.07) is 12.6. The van der Waals surface area contributed by atoms with E-state index in [1.165, 1.54) is 0 Å². The van der Waals surface area contributed by atoms with Gasteiger partial charge in [-0.1, -0.05) is 35.0 Å². The SMILES string of the molecule is O=C1Nc2ccc(Cl)cc2/C1=C1/Nc2ccccc2/C1=N\O. The molecule has 0 unspecified atom stereocenters. The van der Waals surface area contributed by atoms with Crippen molar-refractivity contribution in [3.8, 4) is 0 Å². The van der Waals surface area contributed by atoms with Crippen LogP contribution in [-0.2, 0) is 4.79 Å². The molecule has 2 aromatic carbocycles. The maximum absolute atomic E-state index is 12.4. The molecule has 2 aliphatic heterocycles. The molecule has 0 bridgehead atoms. The van der Waals surface area contributed by atoms with Gasteiger partial charge in [0.25, 0.3) is 5.91 Å². The number of oxime groups is 1. The van der Waals surface area contributed by atoms with Gasteiger partial charge in [-0.05, 0) is 24.3 Å². The number of para-hydroxylation sites is 1. The van der Waals surface area contributed by atoms with E-state index < -0.39 is 0 Å². The molecule has 3 N–H and O–H groups in total. The van der Waals surface area contributed by atoms with Crippen molar-refractivity contribution in [1.82, 2.24) is 0 Å². The van der Waals surface area contributed by atoms with Gasteiger partial charge in [-0.25, -0.2) is 0 Å². The smallest absolute Gasteiger partial charge is 0.258 e. The summed E-state index contributed by atoms with van der Waals surface area (Å²) < 4.78 is 0. The van der Waals surface area contributed by atoms with Gasteiger partial charge in [0.1, 0.15) is 5.71 Å². The molecule has 0 saturated heterocycles. The Morgan fingerprint density at radius 3 is 2.59 bits per heavy atom. The largest absolute Gasteiger partial charge is 0.410 e. The Balaban J connectivity index is 1.97. The van der Waals surface area contributed by atoms with Crippen LogP contribution in [-0.4, -0.2) is 16.8 Å². The van der Waals surface area contributed by atoms with Crippen LogP contribution < -0.4 is 10.6 Å². The summed E-state index contributed by atoms with van der Waals surface area (Å²) >= 11 is 6.04. The zero-order valence-corrected chi connectivity index (χ0v) is 12.0. The minimum Gasteiger partial charge on any atom is -0.410 e. The highest BCUT2D eigenvalue weighted by atomic mass is 35.5. The van der Waals surface area contributed by atoms with Crippen molar-refractivity contribution in [2.75, 3.05) is 10.6 Å². The minimum absolute atomic E-state index is 0.256. The molecule has 0 spiro atoms. The van der Waals surface area contributed by atoms with E-state index in [9.17, 15) is 10.0 Å². The van der Waals surface area contributed by atoms with Crippen molar-refractivity contribution in [3.63, 3.8) is 0 Å². The molecule has 4 rings (SSSR count). The topological polar surface area (TPSA) is 73.7 Å². The zero-order valence-electron chi connectivity index (χ0n) is 11.2. The van der Waals surface area contributed by atoms with E-state index in [0.717, 1.165) is 11.3 Å². The second-order valence-electron chi connectivity index (χ2n) is 5.01. The highest BCUT2D eigenvalue weighted by Crippen LogP contribution is 2.39. The molecule has 0 aliphatic carbocycles. The van der Waals surface area contributed by atoms with Gasteiger partial charge in [0, 0.05) is 27.5 Å². The lowest BCUT2D eigenvalue weighted by Gasteiger charge is -2.05. The van der Waals surface area contributed by atoms with Crippen molar-refractivity contribution < 1.29 is 10.0 Å². The van der Waals surface area contributed by atoms with Crippen LogP contribution in [0.15, 0.2) is 53.3 Å². The Hall–Kier alpha value is -2.79. The molecule has 22 heavy (non-hydrogen) atoms. The molecule has 0 aromatic heterocycles. The number of allylic oxidation sites excluding steroid dienone is 1. The van der Waals surface area contributed by atoms with Crippen molar-refractivity contribution in [1.29, 1.82) is 0 Å². The van der Waals surface area contributed by atoms with Crippen LogP contribution in [0, 0.1) is 0 Å². The Morgan fingerprint density at radius 2 is 1.77 bits per heavy atom. The monoisotopic (exact) mass is 311 g/mol. The van der Waals surface area contributed by atoms with Crippen LogP contribution in [0.4, 0.5) is 11.4 Å². The van der Waals surface area contributed by atoms with Gasteiger partial charge in [-0.3, -0.25) is 4.79 Å². The third-order valence-corrected chi connectivity index (χ3v) is 3.99. The maximum Gasteiger partial charge on any atom is 0.258 e. The number of amides is 1. The number of carbonyl (C=O) groups is 1. The molecule has 2 heterocycles. The number of hydrogen-bond acceptors (Lipinski definition) is 4.